The van der Waals surface area contributed by atoms with Crippen molar-refractivity contribution in [2.24, 2.45) is 5.92 Å². The lowest BCUT2D eigenvalue weighted by Gasteiger charge is -2.28. The third-order valence-corrected chi connectivity index (χ3v) is 7.61. The largest absolute Gasteiger partial charge is 0.491 e. The molecule has 1 aliphatic rings. The summed E-state index contributed by atoms with van der Waals surface area (Å²) in [5.41, 5.74) is 1.15. The van der Waals surface area contributed by atoms with Crippen molar-refractivity contribution in [2.75, 3.05) is 47.4 Å². The van der Waals surface area contributed by atoms with Gasteiger partial charge in [-0.05, 0) is 63.5 Å². The van der Waals surface area contributed by atoms with E-state index in [1.807, 2.05) is 44.4 Å². The molecule has 0 fully saturated rings. The number of amides is 5. The molecule has 3 rings (SSSR count). The number of fused-ring (bicyclic) bond motifs is 1. The first-order valence-electron chi connectivity index (χ1n) is 15.8. The van der Waals surface area contributed by atoms with Gasteiger partial charge in [-0.25, -0.2) is 0 Å². The maximum absolute atomic E-state index is 13.6. The highest BCUT2D eigenvalue weighted by Gasteiger charge is 2.31. The van der Waals surface area contributed by atoms with Crippen molar-refractivity contribution in [3.05, 3.63) is 65.7 Å². The van der Waals surface area contributed by atoms with Crippen LogP contribution < -0.4 is 26.0 Å². The molecule has 0 spiro atoms. The normalized spacial score (nSPS) is 20.2. The number of carbonyl (C=O) groups is 5. The Hall–Kier alpha value is -4.45. The lowest BCUT2D eigenvalue weighted by Crippen LogP contribution is -2.54. The Balaban J connectivity index is 1.91. The van der Waals surface area contributed by atoms with E-state index >= 15 is 0 Å². The Morgan fingerprint density at radius 3 is 2.35 bits per heavy atom. The standard InChI is InChI=1S/C34H48N6O6/c1-23(2)31-34(45)40(5)21-30(42)36-25(19-24-13-7-6-8-14-24)22-46-28-16-10-9-15-26(28)32(43)37-27(20-29(41)38-31)33(44)35-17-11-12-18-39(3)4/h6-10,13-16,23,25,27,31H,11-12,17-22H2,1-5H3,(H,35,44)(H,36,42)(H,37,43)(H,38,41)/t25-,27+,31+/m1/s1. The molecule has 12 nitrogen and oxygen atoms in total. The van der Waals surface area contributed by atoms with Gasteiger partial charge in [-0.3, -0.25) is 24.0 Å². The number of ether oxygens (including phenoxy) is 1. The van der Waals surface area contributed by atoms with Crippen LogP contribution in [0.5, 0.6) is 5.75 Å². The van der Waals surface area contributed by atoms with Crippen LogP contribution in [0.15, 0.2) is 54.6 Å². The molecule has 0 aliphatic carbocycles. The summed E-state index contributed by atoms with van der Waals surface area (Å²) < 4.78 is 6.10. The van der Waals surface area contributed by atoms with E-state index in [2.05, 4.69) is 26.2 Å². The van der Waals surface area contributed by atoms with Gasteiger partial charge in [0.2, 0.25) is 23.6 Å². The summed E-state index contributed by atoms with van der Waals surface area (Å²) in [5.74, 6) is -2.59. The van der Waals surface area contributed by atoms with Gasteiger partial charge in [0, 0.05) is 13.6 Å². The lowest BCUT2D eigenvalue weighted by molar-refractivity contribution is -0.139. The maximum atomic E-state index is 13.6. The first-order valence-corrected chi connectivity index (χ1v) is 15.8. The summed E-state index contributed by atoms with van der Waals surface area (Å²) in [6, 6.07) is 13.5. The van der Waals surface area contributed by atoms with Crippen LogP contribution in [0.2, 0.25) is 0 Å². The third-order valence-electron chi connectivity index (χ3n) is 7.61. The zero-order valence-electron chi connectivity index (χ0n) is 27.5. The first kappa shape index (κ1) is 36.0. The molecular formula is C34H48N6O6. The van der Waals surface area contributed by atoms with E-state index < -0.39 is 54.1 Å². The monoisotopic (exact) mass is 636 g/mol. The van der Waals surface area contributed by atoms with Gasteiger partial charge in [0.05, 0.1) is 24.6 Å². The number of hydrogen-bond donors (Lipinski definition) is 4. The second kappa shape index (κ2) is 17.9. The van der Waals surface area contributed by atoms with Gasteiger partial charge in [0.25, 0.3) is 5.91 Å². The van der Waals surface area contributed by atoms with Crippen molar-refractivity contribution in [2.45, 2.75) is 57.7 Å². The number of nitrogens with zero attached hydrogens (tertiary/aromatic N) is 2. The minimum Gasteiger partial charge on any atom is -0.491 e. The van der Waals surface area contributed by atoms with Crippen LogP contribution >= 0.6 is 0 Å². The van der Waals surface area contributed by atoms with E-state index in [0.29, 0.717) is 13.0 Å². The van der Waals surface area contributed by atoms with Crippen LogP contribution in [0.25, 0.3) is 0 Å². The minimum atomic E-state index is -1.21. The molecule has 0 saturated heterocycles. The second-order valence-electron chi connectivity index (χ2n) is 12.3. The summed E-state index contributed by atoms with van der Waals surface area (Å²) in [7, 11) is 5.45. The van der Waals surface area contributed by atoms with E-state index in [0.717, 1.165) is 24.9 Å². The van der Waals surface area contributed by atoms with Crippen LogP contribution in [-0.2, 0) is 25.6 Å². The highest BCUT2D eigenvalue weighted by molar-refractivity contribution is 6.01. The van der Waals surface area contributed by atoms with Crippen LogP contribution in [0.1, 0.15) is 49.0 Å². The van der Waals surface area contributed by atoms with Gasteiger partial charge in [-0.1, -0.05) is 56.3 Å². The topological polar surface area (TPSA) is 149 Å². The molecule has 4 N–H and O–H groups in total. The summed E-state index contributed by atoms with van der Waals surface area (Å²) in [6.45, 7) is 4.60. The Kier molecular flexibility index (Phi) is 14.0. The number of carbonyl (C=O) groups excluding carboxylic acids is 5. The van der Waals surface area contributed by atoms with Gasteiger partial charge in [0.1, 0.15) is 24.4 Å². The summed E-state index contributed by atoms with van der Waals surface area (Å²) in [4.78, 5) is 70.0. The van der Waals surface area contributed by atoms with E-state index in [9.17, 15) is 24.0 Å². The van der Waals surface area contributed by atoms with Gasteiger partial charge < -0.3 is 35.8 Å². The van der Waals surface area contributed by atoms with E-state index in [-0.39, 0.29) is 30.4 Å². The predicted octanol–water partition coefficient (Wildman–Crippen LogP) is 1.35. The van der Waals surface area contributed by atoms with Crippen molar-refractivity contribution in [1.82, 2.24) is 31.1 Å². The summed E-state index contributed by atoms with van der Waals surface area (Å²) in [5, 5.41) is 11.2. The van der Waals surface area contributed by atoms with Crippen molar-refractivity contribution in [1.29, 1.82) is 0 Å². The van der Waals surface area contributed by atoms with Gasteiger partial charge >= 0.3 is 0 Å². The van der Waals surface area contributed by atoms with Crippen LogP contribution in [-0.4, -0.2) is 105 Å². The zero-order chi connectivity index (χ0) is 33.6. The zero-order valence-corrected chi connectivity index (χ0v) is 27.5. The van der Waals surface area contributed by atoms with Crippen molar-refractivity contribution >= 4 is 29.5 Å². The van der Waals surface area contributed by atoms with Crippen molar-refractivity contribution in [3.8, 4) is 5.75 Å². The fourth-order valence-corrected chi connectivity index (χ4v) is 5.09. The van der Waals surface area contributed by atoms with Gasteiger partial charge in [-0.15, -0.1) is 0 Å². The van der Waals surface area contributed by atoms with Crippen molar-refractivity contribution in [3.63, 3.8) is 0 Å². The van der Waals surface area contributed by atoms with Crippen LogP contribution in [0, 0.1) is 5.92 Å². The number of rotatable bonds is 9. The van der Waals surface area contributed by atoms with E-state index in [1.165, 1.54) is 11.9 Å². The van der Waals surface area contributed by atoms with E-state index in [4.69, 9.17) is 4.74 Å². The molecule has 1 heterocycles. The lowest BCUT2D eigenvalue weighted by atomic mass is 10.0. The van der Waals surface area contributed by atoms with Crippen LogP contribution in [0.3, 0.4) is 0 Å². The minimum absolute atomic E-state index is 0.0358. The molecule has 46 heavy (non-hydrogen) atoms. The molecule has 1 aliphatic heterocycles. The molecule has 0 aromatic heterocycles. The molecule has 5 amide bonds. The van der Waals surface area contributed by atoms with Crippen molar-refractivity contribution < 1.29 is 28.7 Å². The Bertz CT molecular complexity index is 1330. The maximum Gasteiger partial charge on any atom is 0.255 e. The Labute approximate surface area is 271 Å². The third kappa shape index (κ3) is 11.5. The molecular weight excluding hydrogens is 588 g/mol. The molecule has 2 aromatic rings. The first-order chi connectivity index (χ1) is 21.9. The molecule has 0 bridgehead atoms. The summed E-state index contributed by atoms with van der Waals surface area (Å²) >= 11 is 0. The number of unbranched alkanes of at least 4 members (excludes halogenated alkanes) is 1. The summed E-state index contributed by atoms with van der Waals surface area (Å²) in [6.07, 6.45) is 1.64. The SMILES string of the molecule is CC(C)[C@@H]1NC(=O)C[C@@H](C(=O)NCCCCN(C)C)NC(=O)c2ccccc2OC[C@@H](Cc2ccccc2)NC(=O)CN(C)C1=O. The number of nitrogens with one attached hydrogen (secondary N) is 4. The van der Waals surface area contributed by atoms with E-state index in [1.54, 1.807) is 38.1 Å². The Morgan fingerprint density at radius 1 is 0.957 bits per heavy atom. The van der Waals surface area contributed by atoms with Crippen LogP contribution in [0.4, 0.5) is 0 Å². The fraction of sp³-hybridized carbons (Fsp3) is 0.500. The molecule has 250 valence electrons. The quantitative estimate of drug-likeness (QED) is 0.304. The molecule has 0 unspecified atom stereocenters. The fourth-order valence-electron chi connectivity index (χ4n) is 5.09. The smallest absolute Gasteiger partial charge is 0.255 e. The highest BCUT2D eigenvalue weighted by Crippen LogP contribution is 2.19. The van der Waals surface area contributed by atoms with Gasteiger partial charge in [-0.2, -0.15) is 0 Å². The molecule has 0 radical (unpaired) electrons. The molecule has 12 heteroatoms. The number of likely N-dealkylation sites (N-methyl/N-ethyl adjacent to an activating group) is 1. The Morgan fingerprint density at radius 2 is 1.65 bits per heavy atom. The highest BCUT2D eigenvalue weighted by atomic mass is 16.5. The second-order valence-corrected chi connectivity index (χ2v) is 12.3. The number of hydrogen-bond acceptors (Lipinski definition) is 7. The number of para-hydroxylation sites is 1. The molecule has 2 aromatic carbocycles. The molecule has 3 atom stereocenters. The average Bonchev–Trinajstić information content (AvgIpc) is 3.01. The van der Waals surface area contributed by atoms with Gasteiger partial charge in [0.15, 0.2) is 0 Å². The molecule has 0 saturated carbocycles. The average molecular weight is 637 g/mol. The predicted molar refractivity (Wildman–Crippen MR) is 175 cm³/mol. The number of benzene rings is 2.